The van der Waals surface area contributed by atoms with Crippen molar-refractivity contribution in [2.24, 2.45) is 11.3 Å². The lowest BCUT2D eigenvalue weighted by molar-refractivity contribution is -0.137. The van der Waals surface area contributed by atoms with E-state index < -0.39 is 11.7 Å². The van der Waals surface area contributed by atoms with E-state index >= 15 is 0 Å². The molecule has 4 unspecified atom stereocenters. The molecule has 168 valence electrons. The number of nitrogens with one attached hydrogen (secondary N) is 1. The van der Waals surface area contributed by atoms with Gasteiger partial charge in [0, 0.05) is 36.7 Å². The van der Waals surface area contributed by atoms with E-state index in [1.54, 1.807) is 12.4 Å². The number of alkyl halides is 3. The van der Waals surface area contributed by atoms with Gasteiger partial charge in [0.05, 0.1) is 11.6 Å². The summed E-state index contributed by atoms with van der Waals surface area (Å²) in [4.78, 5) is 23.7. The molecule has 3 heterocycles. The summed E-state index contributed by atoms with van der Waals surface area (Å²) in [6.45, 7) is 0.715. The van der Waals surface area contributed by atoms with Crippen molar-refractivity contribution in [3.05, 3.63) is 78.2 Å². The molecular weight excluding hydrogens is 429 g/mol. The zero-order valence-electron chi connectivity index (χ0n) is 17.6. The third-order valence-corrected chi connectivity index (χ3v) is 7.44. The van der Waals surface area contributed by atoms with E-state index in [4.69, 9.17) is 0 Å². The molecule has 3 fully saturated rings. The first kappa shape index (κ1) is 20.2. The van der Waals surface area contributed by atoms with Gasteiger partial charge in [-0.05, 0) is 65.6 Å². The van der Waals surface area contributed by atoms with Crippen LogP contribution in [0.15, 0.2) is 67.1 Å². The lowest BCUT2D eigenvalue weighted by Crippen LogP contribution is -2.60. The maximum Gasteiger partial charge on any atom is 0.417 e. The SMILES string of the molecule is O=C(c1ccccc1-c1ccncc1)N1CC2CC23CC(Nc2ccc(C(F)(F)F)cn2)C13. The average molecular weight is 450 g/mol. The fourth-order valence-electron chi connectivity index (χ4n) is 5.80. The number of anilines is 1. The first-order valence-electron chi connectivity index (χ1n) is 11.0. The number of halogens is 3. The predicted octanol–water partition coefficient (Wildman–Crippen LogP) is 4.88. The van der Waals surface area contributed by atoms with Gasteiger partial charge in [-0.2, -0.15) is 13.2 Å². The van der Waals surface area contributed by atoms with E-state index in [-0.39, 0.29) is 23.4 Å². The van der Waals surface area contributed by atoms with Crippen LogP contribution in [0, 0.1) is 11.3 Å². The van der Waals surface area contributed by atoms with Gasteiger partial charge in [-0.15, -0.1) is 0 Å². The molecular formula is C25H21F3N4O. The van der Waals surface area contributed by atoms with Gasteiger partial charge in [0.15, 0.2) is 0 Å². The van der Waals surface area contributed by atoms with Gasteiger partial charge in [0.1, 0.15) is 5.82 Å². The Kier molecular flexibility index (Phi) is 4.31. The van der Waals surface area contributed by atoms with Crippen LogP contribution in [-0.2, 0) is 6.18 Å². The Morgan fingerprint density at radius 2 is 1.85 bits per heavy atom. The molecule has 3 aliphatic rings. The Balaban J connectivity index is 1.25. The fraction of sp³-hybridized carbons (Fsp3) is 0.320. The molecule has 5 nitrogen and oxygen atoms in total. The van der Waals surface area contributed by atoms with Crippen molar-refractivity contribution in [2.45, 2.75) is 31.1 Å². The van der Waals surface area contributed by atoms with Gasteiger partial charge in [-0.1, -0.05) is 18.2 Å². The minimum atomic E-state index is -4.41. The van der Waals surface area contributed by atoms with Gasteiger partial charge >= 0.3 is 6.18 Å². The van der Waals surface area contributed by atoms with Crippen LogP contribution in [0.5, 0.6) is 0 Å². The van der Waals surface area contributed by atoms with Gasteiger partial charge < -0.3 is 10.2 Å². The van der Waals surface area contributed by atoms with Crippen molar-refractivity contribution < 1.29 is 18.0 Å². The van der Waals surface area contributed by atoms with Crippen molar-refractivity contribution in [2.75, 3.05) is 11.9 Å². The van der Waals surface area contributed by atoms with Crippen molar-refractivity contribution in [1.29, 1.82) is 0 Å². The zero-order valence-corrected chi connectivity index (χ0v) is 17.6. The molecule has 0 radical (unpaired) electrons. The number of hydrogen-bond donors (Lipinski definition) is 1. The standard InChI is InChI=1S/C25H21F3N4O/c26-25(27,28)16-5-6-21(30-13-16)31-20-12-24-11-17(24)14-32(22(20)24)23(33)19-4-2-1-3-18(19)15-7-9-29-10-8-15/h1-10,13,17,20,22H,11-12,14H2,(H,30,31). The number of carbonyl (C=O) groups is 1. The highest BCUT2D eigenvalue weighted by atomic mass is 19.4. The minimum absolute atomic E-state index is 0.00846. The summed E-state index contributed by atoms with van der Waals surface area (Å²) < 4.78 is 38.5. The average Bonchev–Trinajstić information content (AvgIpc) is 3.47. The molecule has 4 atom stereocenters. The Morgan fingerprint density at radius 3 is 2.58 bits per heavy atom. The second kappa shape index (κ2) is 7.04. The fourth-order valence-corrected chi connectivity index (χ4v) is 5.80. The van der Waals surface area contributed by atoms with Gasteiger partial charge in [-0.3, -0.25) is 9.78 Å². The van der Waals surface area contributed by atoms with Crippen LogP contribution >= 0.6 is 0 Å². The normalized spacial score (nSPS) is 27.4. The summed E-state index contributed by atoms with van der Waals surface area (Å²) in [5.74, 6) is 0.889. The maximum atomic E-state index is 13.7. The molecule has 2 saturated carbocycles. The first-order chi connectivity index (χ1) is 15.9. The molecule has 1 aromatic carbocycles. The molecule has 1 aliphatic heterocycles. The summed E-state index contributed by atoms with van der Waals surface area (Å²) >= 11 is 0. The first-order valence-corrected chi connectivity index (χ1v) is 11.0. The predicted molar refractivity (Wildman–Crippen MR) is 116 cm³/mol. The van der Waals surface area contributed by atoms with E-state index in [0.717, 1.165) is 36.2 Å². The Labute approximate surface area is 188 Å². The molecule has 0 bridgehead atoms. The molecule has 6 rings (SSSR count). The number of aromatic nitrogens is 2. The van der Waals surface area contributed by atoms with Crippen LogP contribution in [0.2, 0.25) is 0 Å². The van der Waals surface area contributed by atoms with Crippen molar-refractivity contribution >= 4 is 11.7 Å². The van der Waals surface area contributed by atoms with Crippen LogP contribution < -0.4 is 5.32 Å². The molecule has 1 spiro atoms. The quantitative estimate of drug-likeness (QED) is 0.616. The van der Waals surface area contributed by atoms with Crippen LogP contribution in [0.25, 0.3) is 11.1 Å². The van der Waals surface area contributed by atoms with Crippen molar-refractivity contribution in [1.82, 2.24) is 14.9 Å². The number of likely N-dealkylation sites (tertiary alicyclic amines) is 1. The second-order valence-electron chi connectivity index (χ2n) is 9.20. The van der Waals surface area contributed by atoms with E-state index in [1.807, 2.05) is 41.3 Å². The third-order valence-electron chi connectivity index (χ3n) is 7.44. The number of hydrogen-bond acceptors (Lipinski definition) is 4. The Hall–Kier alpha value is -3.42. The van der Waals surface area contributed by atoms with E-state index in [9.17, 15) is 18.0 Å². The minimum Gasteiger partial charge on any atom is -0.365 e. The number of pyridine rings is 2. The summed E-state index contributed by atoms with van der Waals surface area (Å²) in [6, 6.07) is 13.7. The lowest BCUT2D eigenvalue weighted by Gasteiger charge is -2.48. The molecule has 3 aromatic rings. The highest BCUT2D eigenvalue weighted by molar-refractivity contribution is 6.01. The van der Waals surface area contributed by atoms with Crippen LogP contribution in [0.1, 0.15) is 28.8 Å². The monoisotopic (exact) mass is 450 g/mol. The lowest BCUT2D eigenvalue weighted by atomic mass is 9.71. The van der Waals surface area contributed by atoms with Crippen LogP contribution in [0.4, 0.5) is 19.0 Å². The Bertz CT molecular complexity index is 1210. The number of rotatable bonds is 4. The highest BCUT2D eigenvalue weighted by Crippen LogP contribution is 2.71. The van der Waals surface area contributed by atoms with Crippen LogP contribution in [0.3, 0.4) is 0 Å². The molecule has 1 saturated heterocycles. The number of nitrogens with zero attached hydrogens (tertiary/aromatic N) is 3. The van der Waals surface area contributed by atoms with E-state index in [1.165, 1.54) is 6.07 Å². The largest absolute Gasteiger partial charge is 0.417 e. The summed E-state index contributed by atoms with van der Waals surface area (Å²) in [5, 5.41) is 3.28. The Morgan fingerprint density at radius 1 is 1.06 bits per heavy atom. The summed E-state index contributed by atoms with van der Waals surface area (Å²) in [6.07, 6.45) is 1.86. The molecule has 2 aromatic heterocycles. The van der Waals surface area contributed by atoms with Gasteiger partial charge in [0.2, 0.25) is 0 Å². The highest BCUT2D eigenvalue weighted by Gasteiger charge is 2.75. The zero-order chi connectivity index (χ0) is 22.8. The van der Waals surface area contributed by atoms with Crippen molar-refractivity contribution in [3.8, 4) is 11.1 Å². The van der Waals surface area contributed by atoms with Crippen LogP contribution in [-0.4, -0.2) is 39.4 Å². The number of piperidine rings is 1. The molecule has 33 heavy (non-hydrogen) atoms. The van der Waals surface area contributed by atoms with Crippen molar-refractivity contribution in [3.63, 3.8) is 0 Å². The number of carbonyl (C=O) groups excluding carboxylic acids is 1. The smallest absolute Gasteiger partial charge is 0.365 e. The van der Waals surface area contributed by atoms with Gasteiger partial charge in [-0.25, -0.2) is 4.98 Å². The summed E-state index contributed by atoms with van der Waals surface area (Å²) in [5.41, 5.74) is 1.83. The third kappa shape index (κ3) is 3.19. The molecule has 1 amide bonds. The summed E-state index contributed by atoms with van der Waals surface area (Å²) in [7, 11) is 0. The molecule has 1 N–H and O–H groups in total. The maximum absolute atomic E-state index is 13.7. The number of amides is 1. The molecule has 2 aliphatic carbocycles. The van der Waals surface area contributed by atoms with E-state index in [0.29, 0.717) is 23.8 Å². The molecule has 8 heteroatoms. The van der Waals surface area contributed by atoms with Gasteiger partial charge in [0.25, 0.3) is 5.91 Å². The second-order valence-corrected chi connectivity index (χ2v) is 9.20. The topological polar surface area (TPSA) is 58.1 Å². The van der Waals surface area contributed by atoms with E-state index in [2.05, 4.69) is 15.3 Å². The number of benzene rings is 1.